The van der Waals surface area contributed by atoms with E-state index in [4.69, 9.17) is 0 Å². The van der Waals surface area contributed by atoms with Gasteiger partial charge in [0.15, 0.2) is 17.5 Å². The Hall–Kier alpha value is -1.78. The second-order valence-electron chi connectivity index (χ2n) is 5.72. The zero-order valence-corrected chi connectivity index (χ0v) is 11.9. The van der Waals surface area contributed by atoms with Gasteiger partial charge in [0.25, 0.3) is 0 Å². The van der Waals surface area contributed by atoms with Gasteiger partial charge in [-0.25, -0.2) is 18.2 Å². The molecule has 1 heterocycles. The van der Waals surface area contributed by atoms with Gasteiger partial charge < -0.3 is 5.32 Å². The number of fused-ring (bicyclic) bond motifs is 1. The lowest BCUT2D eigenvalue weighted by Gasteiger charge is -2.23. The van der Waals surface area contributed by atoms with Crippen molar-refractivity contribution < 1.29 is 13.2 Å². The summed E-state index contributed by atoms with van der Waals surface area (Å²) >= 11 is 0. The molecule has 0 aliphatic rings. The third-order valence-corrected chi connectivity index (χ3v) is 3.10. The van der Waals surface area contributed by atoms with E-state index in [9.17, 15) is 13.2 Å². The van der Waals surface area contributed by atoms with E-state index in [0.717, 1.165) is 5.56 Å². The first kappa shape index (κ1) is 14.6. The smallest absolute Gasteiger partial charge is 0.168 e. The highest BCUT2D eigenvalue weighted by molar-refractivity contribution is 5.83. The zero-order valence-electron chi connectivity index (χ0n) is 11.9. The van der Waals surface area contributed by atoms with Crippen LogP contribution in [0, 0.1) is 17.5 Å². The minimum absolute atomic E-state index is 0.130. The highest BCUT2D eigenvalue weighted by atomic mass is 19.2. The molecule has 0 amide bonds. The van der Waals surface area contributed by atoms with Gasteiger partial charge in [-0.15, -0.1) is 0 Å². The lowest BCUT2D eigenvalue weighted by molar-refractivity contribution is 0.504. The van der Waals surface area contributed by atoms with E-state index in [1.807, 2.05) is 27.7 Å². The number of halogens is 3. The molecule has 5 heteroatoms. The Bertz CT molecular complexity index is 660. The SMILES string of the molecule is CCNc1nc2c(F)cc(F)c(F)c2cc1C(C)(C)C. The third kappa shape index (κ3) is 2.44. The molecule has 0 saturated carbocycles. The van der Waals surface area contributed by atoms with Crippen LogP contribution < -0.4 is 5.32 Å². The van der Waals surface area contributed by atoms with Crippen molar-refractivity contribution in [2.75, 3.05) is 11.9 Å². The molecule has 108 valence electrons. The van der Waals surface area contributed by atoms with Crippen molar-refractivity contribution in [1.82, 2.24) is 4.98 Å². The summed E-state index contributed by atoms with van der Waals surface area (Å²) in [5.41, 5.74) is 0.233. The molecule has 0 bridgehead atoms. The molecule has 2 nitrogen and oxygen atoms in total. The maximum absolute atomic E-state index is 13.9. The molecule has 0 fully saturated rings. The van der Waals surface area contributed by atoms with Crippen molar-refractivity contribution in [2.45, 2.75) is 33.1 Å². The molecule has 0 spiro atoms. The van der Waals surface area contributed by atoms with Crippen LogP contribution in [0.25, 0.3) is 10.9 Å². The van der Waals surface area contributed by atoms with Gasteiger partial charge in [-0.1, -0.05) is 20.8 Å². The van der Waals surface area contributed by atoms with E-state index >= 15 is 0 Å². The fourth-order valence-electron chi connectivity index (χ4n) is 2.11. The number of nitrogens with zero attached hydrogens (tertiary/aromatic N) is 1. The van der Waals surface area contributed by atoms with Crippen molar-refractivity contribution in [1.29, 1.82) is 0 Å². The topological polar surface area (TPSA) is 24.9 Å². The maximum Gasteiger partial charge on any atom is 0.168 e. The normalized spacial score (nSPS) is 11.9. The van der Waals surface area contributed by atoms with E-state index in [1.165, 1.54) is 6.07 Å². The van der Waals surface area contributed by atoms with Crippen LogP contribution >= 0.6 is 0 Å². The molecular weight excluding hydrogens is 265 g/mol. The van der Waals surface area contributed by atoms with Gasteiger partial charge in [-0.3, -0.25) is 0 Å². The zero-order chi connectivity index (χ0) is 15.1. The number of aromatic nitrogens is 1. The maximum atomic E-state index is 13.9. The molecule has 2 rings (SSSR count). The molecule has 1 aromatic carbocycles. The summed E-state index contributed by atoms with van der Waals surface area (Å²) < 4.78 is 41.0. The molecule has 1 N–H and O–H groups in total. The molecule has 0 aliphatic carbocycles. The second kappa shape index (κ2) is 4.96. The van der Waals surface area contributed by atoms with Crippen molar-refractivity contribution in [3.63, 3.8) is 0 Å². The minimum Gasteiger partial charge on any atom is -0.370 e. The minimum atomic E-state index is -1.20. The first-order valence-corrected chi connectivity index (χ1v) is 6.48. The molecule has 0 saturated heterocycles. The van der Waals surface area contributed by atoms with Crippen molar-refractivity contribution in [3.8, 4) is 0 Å². The first-order valence-electron chi connectivity index (χ1n) is 6.48. The number of nitrogens with one attached hydrogen (secondary N) is 1. The van der Waals surface area contributed by atoms with Gasteiger partial charge in [0, 0.05) is 23.6 Å². The Morgan fingerprint density at radius 1 is 1.10 bits per heavy atom. The van der Waals surface area contributed by atoms with Gasteiger partial charge in [-0.2, -0.15) is 0 Å². The Morgan fingerprint density at radius 2 is 1.75 bits per heavy atom. The summed E-state index contributed by atoms with van der Waals surface area (Å²) in [6.45, 7) is 8.30. The van der Waals surface area contributed by atoms with Crippen LogP contribution in [0.2, 0.25) is 0 Å². The van der Waals surface area contributed by atoms with E-state index in [1.54, 1.807) is 0 Å². The summed E-state index contributed by atoms with van der Waals surface area (Å²) in [6.07, 6.45) is 0. The monoisotopic (exact) mass is 282 g/mol. The van der Waals surface area contributed by atoms with E-state index in [0.29, 0.717) is 18.4 Å². The van der Waals surface area contributed by atoms with Gasteiger partial charge in [0.1, 0.15) is 11.3 Å². The number of pyridine rings is 1. The van der Waals surface area contributed by atoms with Crippen molar-refractivity contribution in [3.05, 3.63) is 35.1 Å². The summed E-state index contributed by atoms with van der Waals surface area (Å²) in [5, 5.41) is 2.91. The van der Waals surface area contributed by atoms with Crippen LogP contribution in [-0.2, 0) is 5.41 Å². The Kier molecular flexibility index (Phi) is 3.63. The number of rotatable bonds is 2. The first-order chi connectivity index (χ1) is 9.25. The quantitative estimate of drug-likeness (QED) is 0.827. The predicted octanol–water partition coefficient (Wildman–Crippen LogP) is 4.38. The van der Waals surface area contributed by atoms with Crippen LogP contribution in [-0.4, -0.2) is 11.5 Å². The summed E-state index contributed by atoms with van der Waals surface area (Å²) in [7, 11) is 0. The number of hydrogen-bond donors (Lipinski definition) is 1. The molecule has 0 atom stereocenters. The average Bonchev–Trinajstić information content (AvgIpc) is 2.35. The van der Waals surface area contributed by atoms with Gasteiger partial charge >= 0.3 is 0 Å². The largest absolute Gasteiger partial charge is 0.370 e. The van der Waals surface area contributed by atoms with Crippen molar-refractivity contribution in [2.24, 2.45) is 0 Å². The van der Waals surface area contributed by atoms with Crippen LogP contribution in [0.4, 0.5) is 19.0 Å². The van der Waals surface area contributed by atoms with Crippen molar-refractivity contribution >= 4 is 16.7 Å². The number of anilines is 1. The lowest BCUT2D eigenvalue weighted by atomic mass is 9.86. The number of hydrogen-bond acceptors (Lipinski definition) is 2. The van der Waals surface area contributed by atoms with E-state index in [2.05, 4.69) is 10.3 Å². The fraction of sp³-hybridized carbons (Fsp3) is 0.400. The molecule has 0 aliphatic heterocycles. The van der Waals surface area contributed by atoms with Gasteiger partial charge in [-0.05, 0) is 18.4 Å². The third-order valence-electron chi connectivity index (χ3n) is 3.10. The summed E-state index contributed by atoms with van der Waals surface area (Å²) in [5.74, 6) is -2.63. The highest BCUT2D eigenvalue weighted by Crippen LogP contribution is 2.33. The van der Waals surface area contributed by atoms with Gasteiger partial charge in [0.05, 0.1) is 0 Å². The lowest BCUT2D eigenvalue weighted by Crippen LogP contribution is -2.16. The van der Waals surface area contributed by atoms with E-state index < -0.39 is 17.5 Å². The fourth-order valence-corrected chi connectivity index (χ4v) is 2.11. The molecule has 20 heavy (non-hydrogen) atoms. The Balaban J connectivity index is 2.85. The van der Waals surface area contributed by atoms with Gasteiger partial charge in [0.2, 0.25) is 0 Å². The molecule has 0 radical (unpaired) electrons. The van der Waals surface area contributed by atoms with Crippen LogP contribution in [0.1, 0.15) is 33.3 Å². The highest BCUT2D eigenvalue weighted by Gasteiger charge is 2.23. The molecule has 2 aromatic rings. The summed E-state index contributed by atoms with van der Waals surface area (Å²) in [6, 6.07) is 2.00. The summed E-state index contributed by atoms with van der Waals surface area (Å²) in [4.78, 5) is 4.14. The Labute approximate surface area is 116 Å². The van der Waals surface area contributed by atoms with Crippen LogP contribution in [0.3, 0.4) is 0 Å². The number of benzene rings is 1. The second-order valence-corrected chi connectivity index (χ2v) is 5.72. The van der Waals surface area contributed by atoms with Crippen LogP contribution in [0.5, 0.6) is 0 Å². The average molecular weight is 282 g/mol. The standard InChI is InChI=1S/C15H17F3N2/c1-5-19-14-9(15(2,3)4)6-8-12(18)10(16)7-11(17)13(8)20-14/h6-7H,5H2,1-4H3,(H,19,20). The predicted molar refractivity (Wildman–Crippen MR) is 74.5 cm³/mol. The molecular formula is C15H17F3N2. The van der Waals surface area contributed by atoms with Crippen LogP contribution in [0.15, 0.2) is 12.1 Å². The van der Waals surface area contributed by atoms with E-state index in [-0.39, 0.29) is 16.3 Å². The molecule has 1 aromatic heterocycles. The Morgan fingerprint density at radius 3 is 2.30 bits per heavy atom. The molecule has 0 unspecified atom stereocenters.